The largest absolute Gasteiger partial charge is 0.313 e. The maximum absolute atomic E-state index is 12.3. The van der Waals surface area contributed by atoms with Crippen LogP contribution in [0.3, 0.4) is 0 Å². The van der Waals surface area contributed by atoms with Gasteiger partial charge in [-0.15, -0.1) is 11.3 Å². The van der Waals surface area contributed by atoms with Gasteiger partial charge in [-0.05, 0) is 46.2 Å². The van der Waals surface area contributed by atoms with Crippen molar-refractivity contribution in [2.24, 2.45) is 0 Å². The quantitative estimate of drug-likeness (QED) is 0.756. The molecule has 114 valence electrons. The number of thiophene rings is 1. The fraction of sp³-hybridized carbons (Fsp3) is 0.231. The van der Waals surface area contributed by atoms with Crippen LogP contribution in [0.4, 0.5) is 5.69 Å². The molecule has 0 radical (unpaired) electrons. The lowest BCUT2D eigenvalue weighted by Crippen LogP contribution is -2.13. The van der Waals surface area contributed by atoms with Gasteiger partial charge in [0.15, 0.2) is 0 Å². The number of halogens is 2. The van der Waals surface area contributed by atoms with Gasteiger partial charge in [0.1, 0.15) is 4.21 Å². The maximum atomic E-state index is 12.3. The summed E-state index contributed by atoms with van der Waals surface area (Å²) in [5.41, 5.74) is 1.55. The van der Waals surface area contributed by atoms with E-state index in [-0.39, 0.29) is 4.21 Å². The first kappa shape index (κ1) is 16.8. The van der Waals surface area contributed by atoms with Crippen molar-refractivity contribution >= 4 is 54.6 Å². The van der Waals surface area contributed by atoms with E-state index in [1.165, 1.54) is 6.07 Å². The molecule has 0 fully saturated rings. The molecule has 0 aliphatic rings. The molecule has 2 rings (SSSR count). The van der Waals surface area contributed by atoms with Crippen molar-refractivity contribution in [2.75, 3.05) is 11.3 Å². The first-order valence-corrected chi connectivity index (χ1v) is 9.66. The van der Waals surface area contributed by atoms with Crippen LogP contribution in [-0.2, 0) is 16.6 Å². The van der Waals surface area contributed by atoms with Crippen molar-refractivity contribution in [3.8, 4) is 0 Å². The number of hydrogen-bond donors (Lipinski definition) is 2. The molecule has 0 saturated carbocycles. The molecule has 8 heteroatoms. The Balaban J connectivity index is 2.20. The molecule has 0 unspecified atom stereocenters. The van der Waals surface area contributed by atoms with Gasteiger partial charge in [0.25, 0.3) is 10.0 Å². The van der Waals surface area contributed by atoms with Crippen LogP contribution < -0.4 is 10.0 Å². The van der Waals surface area contributed by atoms with E-state index in [1.807, 2.05) is 25.1 Å². The van der Waals surface area contributed by atoms with Gasteiger partial charge in [0.2, 0.25) is 0 Å². The minimum absolute atomic E-state index is 0.177. The molecule has 0 aliphatic heterocycles. The number of hydrogen-bond acceptors (Lipinski definition) is 4. The smallest absolute Gasteiger partial charge is 0.271 e. The van der Waals surface area contributed by atoms with Gasteiger partial charge in [-0.25, -0.2) is 8.42 Å². The van der Waals surface area contributed by atoms with Crippen LogP contribution in [0.1, 0.15) is 12.5 Å². The third-order valence-corrected chi connectivity index (χ3v) is 6.98. The Morgan fingerprint density at radius 1 is 1.33 bits per heavy atom. The normalized spacial score (nSPS) is 11.6. The summed E-state index contributed by atoms with van der Waals surface area (Å²) in [6.07, 6.45) is 0. The lowest BCUT2D eigenvalue weighted by molar-refractivity contribution is 0.603. The SMILES string of the molecule is CCNCc1cccc(NS(=O)(=O)c2cc(Cl)c(Br)s2)c1. The van der Waals surface area contributed by atoms with Crippen LogP contribution in [0.25, 0.3) is 0 Å². The van der Waals surface area contributed by atoms with E-state index in [2.05, 4.69) is 26.0 Å². The van der Waals surface area contributed by atoms with Crippen molar-refractivity contribution in [3.63, 3.8) is 0 Å². The van der Waals surface area contributed by atoms with Crippen molar-refractivity contribution in [3.05, 3.63) is 44.7 Å². The minimum Gasteiger partial charge on any atom is -0.313 e. The highest BCUT2D eigenvalue weighted by molar-refractivity contribution is 9.11. The predicted molar refractivity (Wildman–Crippen MR) is 91.7 cm³/mol. The average Bonchev–Trinajstić information content (AvgIpc) is 2.77. The summed E-state index contributed by atoms with van der Waals surface area (Å²) in [7, 11) is -3.62. The van der Waals surface area contributed by atoms with E-state index >= 15 is 0 Å². The van der Waals surface area contributed by atoms with Gasteiger partial charge in [-0.3, -0.25) is 4.72 Å². The molecule has 0 spiro atoms. The second kappa shape index (κ2) is 7.11. The molecule has 2 N–H and O–H groups in total. The fourth-order valence-electron chi connectivity index (χ4n) is 1.68. The molecule has 0 atom stereocenters. The summed E-state index contributed by atoms with van der Waals surface area (Å²) in [5, 5.41) is 3.59. The number of anilines is 1. The van der Waals surface area contributed by atoms with E-state index < -0.39 is 10.0 Å². The highest BCUT2D eigenvalue weighted by Gasteiger charge is 2.19. The Morgan fingerprint density at radius 3 is 2.71 bits per heavy atom. The molecule has 4 nitrogen and oxygen atoms in total. The second-order valence-electron chi connectivity index (χ2n) is 4.27. The average molecular weight is 410 g/mol. The van der Waals surface area contributed by atoms with Gasteiger partial charge < -0.3 is 5.32 Å². The van der Waals surface area contributed by atoms with E-state index in [0.717, 1.165) is 23.4 Å². The first-order valence-electron chi connectivity index (χ1n) is 6.19. The van der Waals surface area contributed by atoms with Gasteiger partial charge in [-0.1, -0.05) is 30.7 Å². The highest BCUT2D eigenvalue weighted by atomic mass is 79.9. The molecule has 0 saturated heterocycles. The van der Waals surface area contributed by atoms with E-state index in [0.29, 0.717) is 21.0 Å². The zero-order valence-corrected chi connectivity index (χ0v) is 15.2. The van der Waals surface area contributed by atoms with Gasteiger partial charge >= 0.3 is 0 Å². The van der Waals surface area contributed by atoms with E-state index in [9.17, 15) is 8.42 Å². The maximum Gasteiger partial charge on any atom is 0.271 e. The molecule has 21 heavy (non-hydrogen) atoms. The number of nitrogens with one attached hydrogen (secondary N) is 2. The molecule has 1 aromatic heterocycles. The van der Waals surface area contributed by atoms with Crippen LogP contribution >= 0.6 is 38.9 Å². The summed E-state index contributed by atoms with van der Waals surface area (Å²) in [4.78, 5) is 0. The summed E-state index contributed by atoms with van der Waals surface area (Å²) in [5.74, 6) is 0. The zero-order chi connectivity index (χ0) is 15.5. The molecule has 0 aliphatic carbocycles. The van der Waals surface area contributed by atoms with Crippen molar-refractivity contribution < 1.29 is 8.42 Å². The van der Waals surface area contributed by atoms with Crippen LogP contribution in [0.2, 0.25) is 5.02 Å². The summed E-state index contributed by atoms with van der Waals surface area (Å²) < 4.78 is 27.9. The topological polar surface area (TPSA) is 58.2 Å². The van der Waals surface area contributed by atoms with Crippen LogP contribution in [0.5, 0.6) is 0 Å². The zero-order valence-electron chi connectivity index (χ0n) is 11.2. The number of rotatable bonds is 6. The Labute approximate surface area is 141 Å². The minimum atomic E-state index is -3.62. The van der Waals surface area contributed by atoms with Crippen LogP contribution in [0.15, 0.2) is 38.3 Å². The third kappa shape index (κ3) is 4.43. The Kier molecular flexibility index (Phi) is 5.67. The van der Waals surface area contributed by atoms with Crippen molar-refractivity contribution in [1.29, 1.82) is 0 Å². The number of benzene rings is 1. The monoisotopic (exact) mass is 408 g/mol. The molecular weight excluding hydrogens is 396 g/mol. The molecule has 2 aromatic rings. The molecule has 0 amide bonds. The second-order valence-corrected chi connectivity index (χ2v) is 8.96. The van der Waals surface area contributed by atoms with E-state index in [1.54, 1.807) is 6.07 Å². The summed E-state index contributed by atoms with van der Waals surface area (Å²) in [6, 6.07) is 8.73. The van der Waals surface area contributed by atoms with Gasteiger partial charge in [0.05, 0.1) is 8.81 Å². The van der Waals surface area contributed by atoms with Crippen molar-refractivity contribution in [2.45, 2.75) is 17.7 Å². The Hall–Kier alpha value is -0.600. The highest BCUT2D eigenvalue weighted by Crippen LogP contribution is 2.35. The summed E-state index contributed by atoms with van der Waals surface area (Å²) in [6.45, 7) is 3.57. The Bertz CT molecular complexity index is 712. The summed E-state index contributed by atoms with van der Waals surface area (Å²) >= 11 is 10.2. The van der Waals surface area contributed by atoms with Crippen LogP contribution in [-0.4, -0.2) is 15.0 Å². The number of sulfonamides is 1. The van der Waals surface area contributed by atoms with Gasteiger partial charge in [0, 0.05) is 12.2 Å². The van der Waals surface area contributed by atoms with Crippen LogP contribution in [0, 0.1) is 0 Å². The standard InChI is InChI=1S/C13H14BrClN2O2S2/c1-2-16-8-9-4-3-5-10(6-9)17-21(18,19)12-7-11(15)13(14)20-12/h3-7,16-17H,2,8H2,1H3. The van der Waals surface area contributed by atoms with Crippen molar-refractivity contribution in [1.82, 2.24) is 5.32 Å². The first-order chi connectivity index (χ1) is 9.92. The molecule has 1 heterocycles. The molecule has 1 aromatic carbocycles. The third-order valence-electron chi connectivity index (χ3n) is 2.65. The lowest BCUT2D eigenvalue weighted by Gasteiger charge is -2.08. The van der Waals surface area contributed by atoms with Gasteiger partial charge in [-0.2, -0.15) is 0 Å². The molecular formula is C13H14BrClN2O2S2. The predicted octanol–water partition coefficient (Wildman–Crippen LogP) is 4.07. The van der Waals surface area contributed by atoms with E-state index in [4.69, 9.17) is 11.6 Å². The molecule has 0 bridgehead atoms. The fourth-order valence-corrected chi connectivity index (χ4v) is 5.13. The lowest BCUT2D eigenvalue weighted by atomic mass is 10.2. The Morgan fingerprint density at radius 2 is 2.10 bits per heavy atom.